The topological polar surface area (TPSA) is 73.6 Å². The SMILES string of the molecule is COC(CNC(=O)CC1(CN)CCC1)OC. The van der Waals surface area contributed by atoms with Crippen LogP contribution in [-0.4, -0.2) is 39.5 Å². The van der Waals surface area contributed by atoms with Crippen molar-refractivity contribution in [2.75, 3.05) is 27.3 Å². The van der Waals surface area contributed by atoms with Crippen molar-refractivity contribution in [1.29, 1.82) is 0 Å². The summed E-state index contributed by atoms with van der Waals surface area (Å²) in [5.74, 6) is 0.0317. The molecule has 1 saturated carbocycles. The lowest BCUT2D eigenvalue weighted by molar-refractivity contribution is -0.130. The van der Waals surface area contributed by atoms with E-state index in [1.807, 2.05) is 0 Å². The predicted octanol–water partition coefficient (Wildman–Crippen LogP) is 0.241. The zero-order valence-corrected chi connectivity index (χ0v) is 10.1. The van der Waals surface area contributed by atoms with E-state index in [4.69, 9.17) is 15.2 Å². The highest BCUT2D eigenvalue weighted by Crippen LogP contribution is 2.42. The lowest BCUT2D eigenvalue weighted by Gasteiger charge is -2.40. The average molecular weight is 230 g/mol. The third kappa shape index (κ3) is 3.43. The van der Waals surface area contributed by atoms with E-state index in [2.05, 4.69) is 5.32 Å². The van der Waals surface area contributed by atoms with Crippen LogP contribution in [0.3, 0.4) is 0 Å². The molecule has 3 N–H and O–H groups in total. The van der Waals surface area contributed by atoms with Crippen LogP contribution in [0.1, 0.15) is 25.7 Å². The molecule has 1 rings (SSSR count). The first kappa shape index (κ1) is 13.4. The number of carbonyl (C=O) groups is 1. The monoisotopic (exact) mass is 230 g/mol. The number of carbonyl (C=O) groups excluding carboxylic acids is 1. The zero-order valence-electron chi connectivity index (χ0n) is 10.1. The second-order valence-electron chi connectivity index (χ2n) is 4.44. The molecule has 1 aliphatic rings. The summed E-state index contributed by atoms with van der Waals surface area (Å²) >= 11 is 0. The van der Waals surface area contributed by atoms with Gasteiger partial charge in [0.25, 0.3) is 0 Å². The van der Waals surface area contributed by atoms with Crippen LogP contribution in [-0.2, 0) is 14.3 Å². The normalized spacial score (nSPS) is 18.2. The third-order valence-electron chi connectivity index (χ3n) is 3.37. The summed E-state index contributed by atoms with van der Waals surface area (Å²) < 4.78 is 9.97. The van der Waals surface area contributed by atoms with Gasteiger partial charge in [-0.2, -0.15) is 0 Å². The standard InChI is InChI=1S/C11H22N2O3/c1-15-10(16-2)7-13-9(14)6-11(8-12)4-3-5-11/h10H,3-8,12H2,1-2H3,(H,13,14). The Bertz CT molecular complexity index is 220. The number of nitrogens with two attached hydrogens (primary N) is 1. The molecule has 1 amide bonds. The molecule has 1 aliphatic carbocycles. The number of methoxy groups -OCH3 is 2. The van der Waals surface area contributed by atoms with Crippen LogP contribution < -0.4 is 11.1 Å². The number of ether oxygens (including phenoxy) is 2. The van der Waals surface area contributed by atoms with E-state index in [-0.39, 0.29) is 17.6 Å². The number of hydrogen-bond acceptors (Lipinski definition) is 4. The van der Waals surface area contributed by atoms with Crippen LogP contribution >= 0.6 is 0 Å². The van der Waals surface area contributed by atoms with Gasteiger partial charge in [-0.25, -0.2) is 0 Å². The van der Waals surface area contributed by atoms with E-state index in [0.717, 1.165) is 12.8 Å². The Balaban J connectivity index is 2.25. The molecule has 0 unspecified atom stereocenters. The number of nitrogens with one attached hydrogen (secondary N) is 1. The van der Waals surface area contributed by atoms with Gasteiger partial charge in [-0.1, -0.05) is 6.42 Å². The van der Waals surface area contributed by atoms with Gasteiger partial charge >= 0.3 is 0 Å². The minimum atomic E-state index is -0.376. The quantitative estimate of drug-likeness (QED) is 0.614. The fourth-order valence-corrected chi connectivity index (χ4v) is 1.99. The van der Waals surface area contributed by atoms with Crippen molar-refractivity contribution in [1.82, 2.24) is 5.32 Å². The number of rotatable bonds is 7. The summed E-state index contributed by atoms with van der Waals surface area (Å²) in [6.07, 6.45) is 3.45. The fourth-order valence-electron chi connectivity index (χ4n) is 1.99. The Labute approximate surface area is 96.7 Å². The molecule has 0 radical (unpaired) electrons. The Hall–Kier alpha value is -0.650. The van der Waals surface area contributed by atoms with Gasteiger partial charge in [0.05, 0.1) is 6.54 Å². The second kappa shape index (κ2) is 6.18. The first-order chi connectivity index (χ1) is 7.65. The highest BCUT2D eigenvalue weighted by molar-refractivity contribution is 5.76. The lowest BCUT2D eigenvalue weighted by Crippen LogP contribution is -2.43. The van der Waals surface area contributed by atoms with Gasteiger partial charge in [-0.05, 0) is 24.8 Å². The largest absolute Gasteiger partial charge is 0.354 e. The molecule has 0 aliphatic heterocycles. The minimum absolute atomic E-state index is 0.0317. The average Bonchev–Trinajstić information content (AvgIpc) is 2.25. The van der Waals surface area contributed by atoms with E-state index in [9.17, 15) is 4.79 Å². The van der Waals surface area contributed by atoms with Gasteiger partial charge in [-0.3, -0.25) is 4.79 Å². The van der Waals surface area contributed by atoms with E-state index < -0.39 is 0 Å². The molecule has 0 aromatic carbocycles. The van der Waals surface area contributed by atoms with Crippen LogP contribution in [0.2, 0.25) is 0 Å². The van der Waals surface area contributed by atoms with E-state index in [1.54, 1.807) is 14.2 Å². The van der Waals surface area contributed by atoms with Crippen molar-refractivity contribution >= 4 is 5.91 Å². The smallest absolute Gasteiger partial charge is 0.220 e. The van der Waals surface area contributed by atoms with Crippen LogP contribution in [0.4, 0.5) is 0 Å². The number of amides is 1. The van der Waals surface area contributed by atoms with E-state index in [0.29, 0.717) is 19.5 Å². The van der Waals surface area contributed by atoms with Crippen LogP contribution in [0.25, 0.3) is 0 Å². The Kier molecular flexibility index (Phi) is 5.18. The van der Waals surface area contributed by atoms with Gasteiger partial charge in [0.1, 0.15) is 0 Å². The summed E-state index contributed by atoms with van der Waals surface area (Å²) in [6, 6.07) is 0. The summed E-state index contributed by atoms with van der Waals surface area (Å²) in [5, 5.41) is 2.80. The summed E-state index contributed by atoms with van der Waals surface area (Å²) in [5.41, 5.74) is 5.75. The molecular weight excluding hydrogens is 208 g/mol. The van der Waals surface area contributed by atoms with E-state index >= 15 is 0 Å². The molecule has 0 atom stereocenters. The third-order valence-corrected chi connectivity index (χ3v) is 3.37. The van der Waals surface area contributed by atoms with E-state index in [1.165, 1.54) is 6.42 Å². The Morgan fingerprint density at radius 2 is 2.06 bits per heavy atom. The Morgan fingerprint density at radius 3 is 2.44 bits per heavy atom. The van der Waals surface area contributed by atoms with Gasteiger partial charge in [0.2, 0.25) is 5.91 Å². The van der Waals surface area contributed by atoms with Crippen LogP contribution in [0.15, 0.2) is 0 Å². The molecule has 0 heterocycles. The minimum Gasteiger partial charge on any atom is -0.354 e. The van der Waals surface area contributed by atoms with Gasteiger partial charge in [0.15, 0.2) is 6.29 Å². The second-order valence-corrected chi connectivity index (χ2v) is 4.44. The van der Waals surface area contributed by atoms with Crippen molar-refractivity contribution < 1.29 is 14.3 Å². The van der Waals surface area contributed by atoms with Crippen molar-refractivity contribution in [3.8, 4) is 0 Å². The highest BCUT2D eigenvalue weighted by atomic mass is 16.7. The lowest BCUT2D eigenvalue weighted by atomic mass is 9.66. The summed E-state index contributed by atoms with van der Waals surface area (Å²) in [6.45, 7) is 0.977. The molecule has 0 aromatic rings. The fraction of sp³-hybridized carbons (Fsp3) is 0.909. The summed E-state index contributed by atoms with van der Waals surface area (Å²) in [4.78, 5) is 11.7. The Morgan fingerprint density at radius 1 is 1.44 bits per heavy atom. The van der Waals surface area contributed by atoms with Crippen molar-refractivity contribution in [2.24, 2.45) is 11.1 Å². The van der Waals surface area contributed by atoms with Gasteiger partial charge in [-0.15, -0.1) is 0 Å². The molecule has 1 fully saturated rings. The van der Waals surface area contributed by atoms with Crippen molar-refractivity contribution in [2.45, 2.75) is 32.0 Å². The maximum atomic E-state index is 11.7. The van der Waals surface area contributed by atoms with Gasteiger partial charge in [0, 0.05) is 20.6 Å². The molecule has 5 nitrogen and oxygen atoms in total. The molecule has 0 aromatic heterocycles. The molecule has 5 heteroatoms. The molecule has 0 bridgehead atoms. The van der Waals surface area contributed by atoms with Crippen LogP contribution in [0, 0.1) is 5.41 Å². The van der Waals surface area contributed by atoms with Crippen molar-refractivity contribution in [3.63, 3.8) is 0 Å². The molecule has 94 valence electrons. The maximum absolute atomic E-state index is 11.7. The molecule has 0 saturated heterocycles. The summed E-state index contributed by atoms with van der Waals surface area (Å²) in [7, 11) is 3.10. The van der Waals surface area contributed by atoms with Gasteiger partial charge < -0.3 is 20.5 Å². The van der Waals surface area contributed by atoms with Crippen molar-refractivity contribution in [3.05, 3.63) is 0 Å². The first-order valence-corrected chi connectivity index (χ1v) is 5.68. The molecule has 16 heavy (non-hydrogen) atoms. The number of hydrogen-bond donors (Lipinski definition) is 2. The zero-order chi connectivity index (χ0) is 12.0. The predicted molar refractivity (Wildman–Crippen MR) is 60.8 cm³/mol. The highest BCUT2D eigenvalue weighted by Gasteiger charge is 2.37. The van der Waals surface area contributed by atoms with Crippen LogP contribution in [0.5, 0.6) is 0 Å². The molecule has 0 spiro atoms. The first-order valence-electron chi connectivity index (χ1n) is 5.68. The maximum Gasteiger partial charge on any atom is 0.220 e. The molecular formula is C11H22N2O3.